The molecule has 14 heteroatoms. The molecule has 7 aliphatic rings. The van der Waals surface area contributed by atoms with E-state index in [1.165, 1.54) is 0 Å². The van der Waals surface area contributed by atoms with Gasteiger partial charge in [-0.2, -0.15) is 0 Å². The summed E-state index contributed by atoms with van der Waals surface area (Å²) in [4.78, 5) is 0. The van der Waals surface area contributed by atoms with Crippen LogP contribution in [0.4, 0.5) is 0 Å². The summed E-state index contributed by atoms with van der Waals surface area (Å²) in [5.74, 6) is 0. The molecule has 0 aromatic heterocycles. The summed E-state index contributed by atoms with van der Waals surface area (Å²) in [6.45, 7) is 0. The van der Waals surface area contributed by atoms with E-state index in [1.807, 2.05) is 5.49 Å². The van der Waals surface area contributed by atoms with Crippen molar-refractivity contribution in [2.75, 3.05) is 0 Å². The molecule has 0 N–H and O–H groups in total. The Labute approximate surface area is 101 Å². The van der Waals surface area contributed by atoms with Crippen LogP contribution in [0.15, 0.2) is 0 Å². The maximum atomic E-state index is 1.95. The van der Waals surface area contributed by atoms with Gasteiger partial charge in [-0.1, -0.05) is 0 Å². The summed E-state index contributed by atoms with van der Waals surface area (Å²) in [6, 6.07) is 0. The third kappa shape index (κ3) is 0.380. The second kappa shape index (κ2) is 1.75. The van der Waals surface area contributed by atoms with E-state index in [0.717, 1.165) is 96.6 Å². The minimum atomic E-state index is 0.824. The van der Waals surface area contributed by atoms with Gasteiger partial charge in [-0.05, 0) is 96.6 Å². The SMILES string of the molecule is B12[Si]3[Si]4[Si]1[Si]1[Si]4[Si]4[Si]1[Si]1[Si]5[Si]2[Si]3[Si]5[Si]14. The molecule has 7 aliphatic heterocycles. The normalized spacial score (nSPS) is 52.7. The molecule has 7 fully saturated rings. The Morgan fingerprint density at radius 3 is 1.29 bits per heavy atom. The first-order valence-electron chi connectivity index (χ1n) is 5.37. The first-order chi connectivity index (χ1) is 7.00. The highest BCUT2D eigenvalue weighted by Crippen LogP contribution is 2.63. The summed E-state index contributed by atoms with van der Waals surface area (Å²) in [5.41, 5.74) is 1.95. The second-order valence-corrected chi connectivity index (χ2v) is 123. The Balaban J connectivity index is 1.58. The third-order valence-corrected chi connectivity index (χ3v) is 351. The Morgan fingerprint density at radius 1 is 0.357 bits per heavy atom. The predicted octanol–water partition coefficient (Wildman–Crippen LogP) is -5.33. The van der Waals surface area contributed by atoms with Crippen LogP contribution in [-0.4, -0.2) is 102 Å². The smallest absolute Gasteiger partial charge is 0.0220 e. The van der Waals surface area contributed by atoms with Gasteiger partial charge >= 0.3 is 0 Å². The molecule has 0 amide bonds. The first-order valence-corrected chi connectivity index (χ1v) is 43.1. The van der Waals surface area contributed by atoms with Crippen molar-refractivity contribution in [2.24, 2.45) is 0 Å². The van der Waals surface area contributed by atoms with Crippen LogP contribution in [0.5, 0.6) is 0 Å². The molecule has 55 valence electrons. The molecular weight excluding hydrogens is 376 g/mol. The number of hydrogen-bond acceptors (Lipinski definition) is 0. The van der Waals surface area contributed by atoms with Gasteiger partial charge in [0.2, 0.25) is 0 Å². The van der Waals surface area contributed by atoms with Crippen LogP contribution in [0.1, 0.15) is 0 Å². The van der Waals surface area contributed by atoms with Crippen molar-refractivity contribution in [3.8, 4) is 0 Å². The van der Waals surface area contributed by atoms with Gasteiger partial charge in [0.1, 0.15) is 0 Å². The van der Waals surface area contributed by atoms with Gasteiger partial charge < -0.3 is 0 Å². The minimum absolute atomic E-state index is 0.824. The van der Waals surface area contributed by atoms with Crippen LogP contribution < -0.4 is 0 Å². The molecule has 0 atom stereocenters. The predicted molar refractivity (Wildman–Crippen MR) is 80.6 cm³/mol. The summed E-state index contributed by atoms with van der Waals surface area (Å²) in [6.07, 6.45) is 0. The molecule has 0 spiro atoms. The van der Waals surface area contributed by atoms with Crippen molar-refractivity contribution in [2.45, 2.75) is 0 Å². The molecule has 7 saturated heterocycles. The maximum absolute atomic E-state index is 1.95. The minimum Gasteiger partial charge on any atom is -0.0220 e. The zero-order chi connectivity index (χ0) is 8.08. The highest BCUT2D eigenvalue weighted by molar-refractivity contribution is 8.76. The van der Waals surface area contributed by atoms with E-state index in [2.05, 4.69) is 0 Å². The highest BCUT2D eigenvalue weighted by Gasteiger charge is 3.01. The molecule has 7 heterocycles. The van der Waals surface area contributed by atoms with E-state index >= 15 is 0 Å². The van der Waals surface area contributed by atoms with Crippen molar-refractivity contribution >= 4 is 102 Å². The lowest BCUT2D eigenvalue weighted by atomic mass is 10.6. The van der Waals surface area contributed by atoms with Gasteiger partial charge in [0.25, 0.3) is 0 Å². The van der Waals surface area contributed by atoms with E-state index in [9.17, 15) is 0 Å². The molecule has 14 heavy (non-hydrogen) atoms. The van der Waals surface area contributed by atoms with E-state index < -0.39 is 0 Å². The monoisotopic (exact) mass is 375 g/mol. The molecule has 0 bridgehead atoms. The van der Waals surface area contributed by atoms with Gasteiger partial charge in [-0.3, -0.25) is 0 Å². The van der Waals surface area contributed by atoms with Gasteiger partial charge in [-0.15, -0.1) is 0 Å². The highest BCUT2D eigenvalue weighted by atomic mass is 31.0. The van der Waals surface area contributed by atoms with Gasteiger partial charge in [0.05, 0.1) is 5.49 Å². The quantitative estimate of drug-likeness (QED) is 0.371. The van der Waals surface area contributed by atoms with Crippen LogP contribution in [-0.2, 0) is 0 Å². The van der Waals surface area contributed by atoms with E-state index in [1.54, 1.807) is 0 Å². The summed E-state index contributed by atoms with van der Waals surface area (Å²) in [7, 11) is 11.4. The third-order valence-electron chi connectivity index (χ3n) is 5.48. The molecule has 0 nitrogen and oxygen atoms in total. The largest absolute Gasteiger partial charge is 0.0971 e. The van der Waals surface area contributed by atoms with Gasteiger partial charge in [0.15, 0.2) is 0 Å². The molecule has 0 aromatic carbocycles. The van der Waals surface area contributed by atoms with Crippen molar-refractivity contribution < 1.29 is 0 Å². The molecule has 0 aromatic rings. The first kappa shape index (κ1) is 7.47. The summed E-state index contributed by atoms with van der Waals surface area (Å²) >= 11 is 0. The summed E-state index contributed by atoms with van der Waals surface area (Å²) in [5, 5.41) is 0. The van der Waals surface area contributed by atoms with E-state index in [0.29, 0.717) is 0 Å². The Kier molecular flexibility index (Phi) is 0.932. The fraction of sp³-hybridized carbons (Fsp3) is 0. The fourth-order valence-corrected chi connectivity index (χ4v) is 859. The van der Waals surface area contributed by atoms with Crippen molar-refractivity contribution in [1.29, 1.82) is 0 Å². The fourth-order valence-electron chi connectivity index (χ4n) is 5.07. The zero-order valence-corrected chi connectivity index (χ0v) is 20.1. The Bertz CT molecular complexity index is 232. The van der Waals surface area contributed by atoms with Crippen molar-refractivity contribution in [3.63, 3.8) is 0 Å². The topological polar surface area (TPSA) is 0 Å². The van der Waals surface area contributed by atoms with Crippen molar-refractivity contribution in [1.82, 2.24) is 0 Å². The molecule has 0 unspecified atom stereocenters. The average Bonchev–Trinajstić information content (AvgIpc) is 2.50. The van der Waals surface area contributed by atoms with Crippen LogP contribution in [0.3, 0.4) is 0 Å². The molecule has 0 saturated carbocycles. The number of rotatable bonds is 0. The molecular formula is BSi13. The molecule has 0 aliphatic carbocycles. The Morgan fingerprint density at radius 2 is 0.714 bits per heavy atom. The summed E-state index contributed by atoms with van der Waals surface area (Å²) < 4.78 is 0. The lowest BCUT2D eigenvalue weighted by molar-refractivity contribution is 2.95. The van der Waals surface area contributed by atoms with Crippen LogP contribution in [0.25, 0.3) is 0 Å². The zero-order valence-electron chi connectivity index (χ0n) is 7.08. The number of hydrogen-bond donors (Lipinski definition) is 0. The van der Waals surface area contributed by atoms with Crippen LogP contribution in [0, 0.1) is 0 Å². The lowest BCUT2D eigenvalue weighted by Crippen LogP contribution is -3.18. The maximum Gasteiger partial charge on any atom is 0.0971 e. The van der Waals surface area contributed by atoms with Crippen molar-refractivity contribution in [3.05, 3.63) is 0 Å². The van der Waals surface area contributed by atoms with Crippen LogP contribution >= 0.6 is 0 Å². The van der Waals surface area contributed by atoms with Crippen LogP contribution in [0.2, 0.25) is 0 Å². The average molecular weight is 376 g/mol. The standard InChI is InChI=1S/BSi13/c1-2-5-3(1)7-9(5)13-11(7)12-8-4(1)6(2)10(8)14(12)13. The Hall–Kier alpha value is 2.88. The van der Waals surface area contributed by atoms with Gasteiger partial charge in [0, 0.05) is 0 Å². The molecule has 13 radical (unpaired) electrons. The molecule has 7 rings (SSSR count). The number of fused-ring (bicyclic) bond motifs is 21. The lowest BCUT2D eigenvalue weighted by Gasteiger charge is -2.80. The van der Waals surface area contributed by atoms with Gasteiger partial charge in [-0.25, -0.2) is 0 Å². The van der Waals surface area contributed by atoms with E-state index in [-0.39, 0.29) is 0 Å². The van der Waals surface area contributed by atoms with E-state index in [4.69, 9.17) is 0 Å². The second-order valence-electron chi connectivity index (χ2n) is 5.42.